The minimum Gasteiger partial charge on any atom is -0.358 e. The van der Waals surface area contributed by atoms with E-state index in [2.05, 4.69) is 20.3 Å². The van der Waals surface area contributed by atoms with Crippen LogP contribution in [0.25, 0.3) is 0 Å². The number of rotatable bonds is 4. The van der Waals surface area contributed by atoms with Gasteiger partial charge in [0.05, 0.1) is 18.6 Å². The largest absolute Gasteiger partial charge is 0.358 e. The van der Waals surface area contributed by atoms with Crippen LogP contribution >= 0.6 is 0 Å². The maximum Gasteiger partial charge on any atom is 0.321 e. The van der Waals surface area contributed by atoms with Crippen LogP contribution in [0.15, 0.2) is 24.7 Å². The predicted octanol–water partition coefficient (Wildman–Crippen LogP) is 0.576. The van der Waals surface area contributed by atoms with Gasteiger partial charge in [-0.05, 0) is 11.0 Å². The number of hydrogen-bond donors (Lipinski definition) is 3. The maximum atomic E-state index is 11.6. The second-order valence-corrected chi connectivity index (χ2v) is 3.27. The smallest absolute Gasteiger partial charge is 0.321 e. The summed E-state index contributed by atoms with van der Waals surface area (Å²) in [5, 5.41) is 13.0. The lowest BCUT2D eigenvalue weighted by Crippen LogP contribution is -2.23. The van der Waals surface area contributed by atoms with Gasteiger partial charge in [0.2, 0.25) is 0 Å². The predicted molar refractivity (Wildman–Crippen MR) is 57.2 cm³/mol. The van der Waals surface area contributed by atoms with Crippen LogP contribution < -0.4 is 5.32 Å². The number of nitrogens with zero attached hydrogens (tertiary/aromatic N) is 2. The molecule has 0 spiro atoms. The van der Waals surface area contributed by atoms with Crippen molar-refractivity contribution in [2.45, 2.75) is 6.54 Å². The molecular formula is C9H9N5O3. The first kappa shape index (κ1) is 10.9. The molecule has 0 aromatic carbocycles. The molecule has 8 nitrogen and oxygen atoms in total. The number of nitrogens with one attached hydrogen (secondary N) is 3. The molecule has 0 fully saturated rings. The Bertz CT molecular complexity index is 531. The average Bonchev–Trinajstić information content (AvgIpc) is 2.96. The molecular weight excluding hydrogens is 226 g/mol. The molecule has 17 heavy (non-hydrogen) atoms. The quantitative estimate of drug-likeness (QED) is 0.530. The van der Waals surface area contributed by atoms with E-state index in [9.17, 15) is 14.9 Å². The van der Waals surface area contributed by atoms with Gasteiger partial charge >= 0.3 is 5.82 Å². The summed E-state index contributed by atoms with van der Waals surface area (Å²) in [5.41, 5.74) is 0.899. The van der Waals surface area contributed by atoms with Gasteiger partial charge in [-0.2, -0.15) is 0 Å². The van der Waals surface area contributed by atoms with Gasteiger partial charge in [0.25, 0.3) is 5.91 Å². The number of imidazole rings is 1. The number of amides is 1. The Hall–Kier alpha value is -2.64. The minimum absolute atomic E-state index is 0.149. The van der Waals surface area contributed by atoms with E-state index in [0.717, 1.165) is 5.69 Å². The zero-order valence-electron chi connectivity index (χ0n) is 8.64. The SMILES string of the molecule is O=C(NCc1cnc[nH]1)c1ccc([N+](=O)[O-])[nH]1. The number of aromatic nitrogens is 3. The van der Waals surface area contributed by atoms with Gasteiger partial charge in [0, 0.05) is 12.3 Å². The molecule has 8 heteroatoms. The summed E-state index contributed by atoms with van der Waals surface area (Å²) in [6.07, 6.45) is 3.08. The van der Waals surface area contributed by atoms with Crippen molar-refractivity contribution < 1.29 is 9.72 Å². The number of aromatic amines is 2. The second-order valence-electron chi connectivity index (χ2n) is 3.27. The minimum atomic E-state index is -0.592. The monoisotopic (exact) mass is 235 g/mol. The highest BCUT2D eigenvalue weighted by molar-refractivity contribution is 5.92. The van der Waals surface area contributed by atoms with Gasteiger partial charge in [-0.15, -0.1) is 0 Å². The summed E-state index contributed by atoms with van der Waals surface area (Å²) in [4.78, 5) is 30.4. The number of carbonyl (C=O) groups is 1. The molecule has 0 aliphatic rings. The van der Waals surface area contributed by atoms with Crippen molar-refractivity contribution in [1.82, 2.24) is 20.3 Å². The van der Waals surface area contributed by atoms with Crippen LogP contribution in [-0.4, -0.2) is 25.8 Å². The van der Waals surface area contributed by atoms with Crippen molar-refractivity contribution in [3.63, 3.8) is 0 Å². The molecule has 0 saturated carbocycles. The van der Waals surface area contributed by atoms with Gasteiger partial charge in [-0.3, -0.25) is 4.79 Å². The van der Waals surface area contributed by atoms with Gasteiger partial charge < -0.3 is 20.4 Å². The maximum absolute atomic E-state index is 11.6. The molecule has 2 aromatic heterocycles. The molecule has 2 rings (SSSR count). The van der Waals surface area contributed by atoms with Gasteiger partial charge in [0.15, 0.2) is 5.69 Å². The van der Waals surface area contributed by atoms with E-state index in [4.69, 9.17) is 0 Å². The molecule has 0 atom stereocenters. The first-order valence-electron chi connectivity index (χ1n) is 4.75. The molecule has 0 aliphatic carbocycles. The van der Waals surface area contributed by atoms with E-state index in [1.807, 2.05) is 0 Å². The van der Waals surface area contributed by atoms with Crippen LogP contribution in [0.1, 0.15) is 16.2 Å². The fourth-order valence-corrected chi connectivity index (χ4v) is 1.27. The van der Waals surface area contributed by atoms with E-state index in [1.165, 1.54) is 18.5 Å². The summed E-state index contributed by atoms with van der Waals surface area (Å²) in [6.45, 7) is 0.283. The van der Waals surface area contributed by atoms with Crippen LogP contribution in [-0.2, 0) is 6.54 Å². The fourth-order valence-electron chi connectivity index (χ4n) is 1.27. The van der Waals surface area contributed by atoms with Gasteiger partial charge in [-0.1, -0.05) is 0 Å². The number of H-pyrrole nitrogens is 2. The molecule has 1 amide bonds. The van der Waals surface area contributed by atoms with Crippen molar-refractivity contribution in [3.05, 3.63) is 46.2 Å². The Kier molecular flexibility index (Phi) is 2.86. The summed E-state index contributed by atoms with van der Waals surface area (Å²) in [7, 11) is 0. The Balaban J connectivity index is 1.97. The zero-order valence-corrected chi connectivity index (χ0v) is 8.64. The number of nitro groups is 1. The average molecular weight is 235 g/mol. The molecule has 0 saturated heterocycles. The van der Waals surface area contributed by atoms with Crippen molar-refractivity contribution in [2.24, 2.45) is 0 Å². The molecule has 2 heterocycles. The summed E-state index contributed by atoms with van der Waals surface area (Å²) in [6, 6.07) is 2.60. The van der Waals surface area contributed by atoms with Crippen LogP contribution in [0, 0.1) is 10.1 Å². The Labute approximate surface area is 95.2 Å². The Morgan fingerprint density at radius 1 is 1.53 bits per heavy atom. The number of hydrogen-bond acceptors (Lipinski definition) is 4. The highest BCUT2D eigenvalue weighted by atomic mass is 16.6. The lowest BCUT2D eigenvalue weighted by molar-refractivity contribution is -0.389. The first-order valence-corrected chi connectivity index (χ1v) is 4.75. The third kappa shape index (κ3) is 2.48. The van der Waals surface area contributed by atoms with E-state index in [-0.39, 0.29) is 18.1 Å². The highest BCUT2D eigenvalue weighted by Gasteiger charge is 2.14. The number of carbonyl (C=O) groups excluding carboxylic acids is 1. The van der Waals surface area contributed by atoms with E-state index in [0.29, 0.717) is 0 Å². The summed E-state index contributed by atoms with van der Waals surface area (Å²) in [5.74, 6) is -0.621. The summed E-state index contributed by atoms with van der Waals surface area (Å²) < 4.78 is 0. The molecule has 3 N–H and O–H groups in total. The van der Waals surface area contributed by atoms with Crippen LogP contribution in [0.2, 0.25) is 0 Å². The van der Waals surface area contributed by atoms with E-state index < -0.39 is 10.8 Å². The van der Waals surface area contributed by atoms with Gasteiger partial charge in [-0.25, -0.2) is 9.97 Å². The molecule has 0 radical (unpaired) electrons. The molecule has 2 aromatic rings. The van der Waals surface area contributed by atoms with Crippen molar-refractivity contribution in [1.29, 1.82) is 0 Å². The third-order valence-electron chi connectivity index (χ3n) is 2.11. The Morgan fingerprint density at radius 2 is 2.35 bits per heavy atom. The lowest BCUT2D eigenvalue weighted by atomic mass is 10.4. The Morgan fingerprint density at radius 3 is 2.94 bits per heavy atom. The summed E-state index contributed by atoms with van der Waals surface area (Å²) >= 11 is 0. The topological polar surface area (TPSA) is 117 Å². The second kappa shape index (κ2) is 4.47. The van der Waals surface area contributed by atoms with Crippen LogP contribution in [0.3, 0.4) is 0 Å². The van der Waals surface area contributed by atoms with Crippen LogP contribution in [0.4, 0.5) is 5.82 Å². The van der Waals surface area contributed by atoms with Crippen molar-refractivity contribution in [3.8, 4) is 0 Å². The zero-order chi connectivity index (χ0) is 12.3. The lowest BCUT2D eigenvalue weighted by Gasteiger charge is -1.99. The molecule has 0 unspecified atom stereocenters. The van der Waals surface area contributed by atoms with Crippen LogP contribution in [0.5, 0.6) is 0 Å². The fraction of sp³-hybridized carbons (Fsp3) is 0.111. The first-order chi connectivity index (χ1) is 8.16. The molecule has 0 bridgehead atoms. The highest BCUT2D eigenvalue weighted by Crippen LogP contribution is 2.09. The van der Waals surface area contributed by atoms with E-state index >= 15 is 0 Å². The standard InChI is InChI=1S/C9H9N5O3/c15-9(11-4-6-3-10-5-12-6)7-1-2-8(13-7)14(16)17/h1-3,5,13H,4H2,(H,10,12)(H,11,15). The van der Waals surface area contributed by atoms with E-state index in [1.54, 1.807) is 6.20 Å². The molecule has 0 aliphatic heterocycles. The van der Waals surface area contributed by atoms with Gasteiger partial charge in [0.1, 0.15) is 0 Å². The van der Waals surface area contributed by atoms with Crippen molar-refractivity contribution >= 4 is 11.7 Å². The third-order valence-corrected chi connectivity index (χ3v) is 2.11. The van der Waals surface area contributed by atoms with Crippen molar-refractivity contribution in [2.75, 3.05) is 0 Å². The normalized spacial score (nSPS) is 10.1. The molecule has 88 valence electrons.